The van der Waals surface area contributed by atoms with Gasteiger partial charge < -0.3 is 15.4 Å². The summed E-state index contributed by atoms with van der Waals surface area (Å²) in [7, 11) is 0. The van der Waals surface area contributed by atoms with E-state index in [0.29, 0.717) is 28.1 Å². The molecule has 1 fully saturated rings. The highest BCUT2D eigenvalue weighted by Gasteiger charge is 2.40. The number of carbonyl (C=O) groups excluding carboxylic acids is 1. The van der Waals surface area contributed by atoms with Gasteiger partial charge in [-0.2, -0.15) is 0 Å². The lowest BCUT2D eigenvalue weighted by atomic mass is 9.76. The SMILES string of the molecule is O=C(NCC1CCCO1)c1cccc2c1NC(c1c(Cl)cccc1Cl)C1CC=CC21. The van der Waals surface area contributed by atoms with Crippen LogP contribution in [0.1, 0.15) is 52.7 Å². The molecule has 4 atom stereocenters. The minimum atomic E-state index is -0.0840. The van der Waals surface area contributed by atoms with Gasteiger partial charge in [0.1, 0.15) is 0 Å². The third-order valence-corrected chi connectivity index (χ3v) is 7.13. The Labute approximate surface area is 186 Å². The highest BCUT2D eigenvalue weighted by molar-refractivity contribution is 6.36. The summed E-state index contributed by atoms with van der Waals surface area (Å²) in [6, 6.07) is 11.5. The lowest BCUT2D eigenvalue weighted by Gasteiger charge is -2.39. The Hall–Kier alpha value is -2.01. The van der Waals surface area contributed by atoms with Gasteiger partial charge >= 0.3 is 0 Å². The van der Waals surface area contributed by atoms with Crippen molar-refractivity contribution in [3.05, 3.63) is 75.3 Å². The molecule has 2 heterocycles. The van der Waals surface area contributed by atoms with Crippen molar-refractivity contribution in [1.82, 2.24) is 5.32 Å². The molecule has 0 saturated carbocycles. The summed E-state index contributed by atoms with van der Waals surface area (Å²) in [5.41, 5.74) is 3.58. The van der Waals surface area contributed by atoms with Gasteiger partial charge in [-0.25, -0.2) is 0 Å². The number of halogens is 2. The molecule has 2 aromatic rings. The smallest absolute Gasteiger partial charge is 0.253 e. The van der Waals surface area contributed by atoms with Crippen LogP contribution in [0.5, 0.6) is 0 Å². The van der Waals surface area contributed by atoms with E-state index in [0.717, 1.165) is 42.7 Å². The molecule has 6 heteroatoms. The maximum absolute atomic E-state index is 13.1. The number of hydrogen-bond acceptors (Lipinski definition) is 3. The minimum absolute atomic E-state index is 0.0641. The van der Waals surface area contributed by atoms with Crippen molar-refractivity contribution in [2.24, 2.45) is 5.92 Å². The molecular formula is C24H24Cl2N2O2. The third kappa shape index (κ3) is 3.51. The maximum atomic E-state index is 13.1. The maximum Gasteiger partial charge on any atom is 0.253 e. The van der Waals surface area contributed by atoms with E-state index in [9.17, 15) is 4.79 Å². The molecule has 1 saturated heterocycles. The van der Waals surface area contributed by atoms with Crippen molar-refractivity contribution in [2.75, 3.05) is 18.5 Å². The Kier molecular flexibility index (Phi) is 5.48. The largest absolute Gasteiger partial charge is 0.377 e. The van der Waals surface area contributed by atoms with Crippen molar-refractivity contribution < 1.29 is 9.53 Å². The molecule has 2 aliphatic heterocycles. The van der Waals surface area contributed by atoms with Crippen LogP contribution in [0, 0.1) is 5.92 Å². The molecule has 0 radical (unpaired) electrons. The number of para-hydroxylation sites is 1. The molecule has 2 N–H and O–H groups in total. The molecule has 3 aliphatic rings. The highest BCUT2D eigenvalue weighted by atomic mass is 35.5. The lowest BCUT2D eigenvalue weighted by Crippen LogP contribution is -2.34. The van der Waals surface area contributed by atoms with Crippen LogP contribution in [0.3, 0.4) is 0 Å². The van der Waals surface area contributed by atoms with Gasteiger partial charge in [0.15, 0.2) is 0 Å². The van der Waals surface area contributed by atoms with Crippen LogP contribution in [-0.2, 0) is 4.74 Å². The first-order valence-corrected chi connectivity index (χ1v) is 11.3. The van der Waals surface area contributed by atoms with Gasteiger partial charge in [-0.05, 0) is 48.9 Å². The van der Waals surface area contributed by atoms with Crippen molar-refractivity contribution in [1.29, 1.82) is 0 Å². The van der Waals surface area contributed by atoms with Gasteiger partial charge in [0.25, 0.3) is 5.91 Å². The first-order valence-electron chi connectivity index (χ1n) is 10.5. The van der Waals surface area contributed by atoms with Crippen LogP contribution >= 0.6 is 23.2 Å². The Balaban J connectivity index is 1.49. The summed E-state index contributed by atoms with van der Waals surface area (Å²) in [5, 5.41) is 7.99. The minimum Gasteiger partial charge on any atom is -0.377 e. The van der Waals surface area contributed by atoms with E-state index in [2.05, 4.69) is 28.9 Å². The quantitative estimate of drug-likeness (QED) is 0.594. The molecule has 2 aromatic carbocycles. The third-order valence-electron chi connectivity index (χ3n) is 6.47. The molecule has 0 bridgehead atoms. The number of benzene rings is 2. The van der Waals surface area contributed by atoms with Gasteiger partial charge in [-0.1, -0.05) is 53.6 Å². The van der Waals surface area contributed by atoms with Crippen molar-refractivity contribution in [3.63, 3.8) is 0 Å². The summed E-state index contributed by atoms with van der Waals surface area (Å²) >= 11 is 13.1. The Bertz CT molecular complexity index is 980. The van der Waals surface area contributed by atoms with Gasteiger partial charge in [0.2, 0.25) is 0 Å². The predicted octanol–water partition coefficient (Wildman–Crippen LogP) is 5.73. The fraction of sp³-hybridized carbons (Fsp3) is 0.375. The zero-order valence-corrected chi connectivity index (χ0v) is 18.0. The first-order chi connectivity index (χ1) is 14.6. The molecule has 1 amide bonds. The number of anilines is 1. The predicted molar refractivity (Wildman–Crippen MR) is 121 cm³/mol. The van der Waals surface area contributed by atoms with Crippen LogP contribution in [0.2, 0.25) is 10.0 Å². The average molecular weight is 443 g/mol. The summed E-state index contributed by atoms with van der Waals surface area (Å²) < 4.78 is 5.64. The summed E-state index contributed by atoms with van der Waals surface area (Å²) in [6.45, 7) is 1.31. The molecule has 156 valence electrons. The molecule has 1 aliphatic carbocycles. The molecule has 30 heavy (non-hydrogen) atoms. The zero-order valence-electron chi connectivity index (χ0n) is 16.5. The van der Waals surface area contributed by atoms with E-state index >= 15 is 0 Å². The topological polar surface area (TPSA) is 50.4 Å². The number of hydrogen-bond donors (Lipinski definition) is 2. The van der Waals surface area contributed by atoms with E-state index in [-0.39, 0.29) is 24.0 Å². The van der Waals surface area contributed by atoms with Crippen LogP contribution in [0.25, 0.3) is 0 Å². The number of fused-ring (bicyclic) bond motifs is 3. The number of nitrogens with one attached hydrogen (secondary N) is 2. The zero-order chi connectivity index (χ0) is 20.7. The van der Waals surface area contributed by atoms with Crippen molar-refractivity contribution in [3.8, 4) is 0 Å². The van der Waals surface area contributed by atoms with Crippen LogP contribution < -0.4 is 10.6 Å². The first kappa shape index (κ1) is 19.9. The van der Waals surface area contributed by atoms with Gasteiger partial charge in [0, 0.05) is 34.7 Å². The van der Waals surface area contributed by atoms with Gasteiger partial charge in [-0.15, -0.1) is 0 Å². The molecule has 0 spiro atoms. The molecule has 0 aromatic heterocycles. The van der Waals surface area contributed by atoms with Crippen LogP contribution in [-0.4, -0.2) is 25.2 Å². The summed E-state index contributed by atoms with van der Waals surface area (Å²) in [5.74, 6) is 0.448. The van der Waals surface area contributed by atoms with E-state index in [1.54, 1.807) is 0 Å². The molecule has 5 rings (SSSR count). The second kappa shape index (κ2) is 8.26. The number of rotatable bonds is 4. The molecule has 4 unspecified atom stereocenters. The summed E-state index contributed by atoms with van der Waals surface area (Å²) in [6.07, 6.45) is 7.56. The number of ether oxygens (including phenoxy) is 1. The van der Waals surface area contributed by atoms with E-state index in [1.165, 1.54) is 0 Å². The van der Waals surface area contributed by atoms with Crippen LogP contribution in [0.15, 0.2) is 48.6 Å². The second-order valence-corrected chi connectivity index (χ2v) is 9.04. The second-order valence-electron chi connectivity index (χ2n) is 8.23. The molecule has 4 nitrogen and oxygen atoms in total. The number of amides is 1. The number of allylic oxidation sites excluding steroid dienone is 2. The lowest BCUT2D eigenvalue weighted by molar-refractivity contribution is 0.0858. The molecular weight excluding hydrogens is 419 g/mol. The Morgan fingerprint density at radius 3 is 2.73 bits per heavy atom. The van der Waals surface area contributed by atoms with Gasteiger partial charge in [0.05, 0.1) is 23.4 Å². The van der Waals surface area contributed by atoms with Gasteiger partial charge in [-0.3, -0.25) is 4.79 Å². The van der Waals surface area contributed by atoms with Crippen LogP contribution in [0.4, 0.5) is 5.69 Å². The van der Waals surface area contributed by atoms with Crippen molar-refractivity contribution in [2.45, 2.75) is 37.3 Å². The summed E-state index contributed by atoms with van der Waals surface area (Å²) in [4.78, 5) is 13.1. The standard InChI is InChI=1S/C24H24Cl2N2O2/c25-19-10-3-11-20(26)21(19)23-17-8-1-6-15(17)16-7-2-9-18(22(16)28-23)24(29)27-13-14-5-4-12-30-14/h1-3,6-7,9-11,14-15,17,23,28H,4-5,8,12-13H2,(H,27,29). The normalized spacial score (nSPS) is 26.7. The monoisotopic (exact) mass is 442 g/mol. The fourth-order valence-corrected chi connectivity index (χ4v) is 5.64. The Morgan fingerprint density at radius 1 is 1.17 bits per heavy atom. The number of carbonyl (C=O) groups is 1. The highest BCUT2D eigenvalue weighted by Crippen LogP contribution is 2.52. The van der Waals surface area contributed by atoms with E-state index in [4.69, 9.17) is 27.9 Å². The fourth-order valence-electron chi connectivity index (χ4n) is 5.01. The van der Waals surface area contributed by atoms with E-state index < -0.39 is 0 Å². The van der Waals surface area contributed by atoms with Crippen molar-refractivity contribution >= 4 is 34.8 Å². The average Bonchev–Trinajstić information content (AvgIpc) is 3.43. The van der Waals surface area contributed by atoms with E-state index in [1.807, 2.05) is 30.3 Å². The Morgan fingerprint density at radius 2 is 1.97 bits per heavy atom.